The van der Waals surface area contributed by atoms with Crippen molar-refractivity contribution >= 4 is 11.9 Å². The lowest BCUT2D eigenvalue weighted by atomic mass is 10.1. The molecule has 104 valence electrons. The molecule has 0 heterocycles. The molecule has 4 nitrogen and oxygen atoms in total. The highest BCUT2D eigenvalue weighted by molar-refractivity contribution is 5.94. The van der Waals surface area contributed by atoms with Gasteiger partial charge in [0.25, 0.3) is 5.91 Å². The predicted octanol–water partition coefficient (Wildman–Crippen LogP) is 2.36. The summed E-state index contributed by atoms with van der Waals surface area (Å²) in [5.41, 5.74) is 0.442. The van der Waals surface area contributed by atoms with E-state index in [-0.39, 0.29) is 17.9 Å². The topological polar surface area (TPSA) is 66.4 Å². The van der Waals surface area contributed by atoms with Crippen LogP contribution in [-0.2, 0) is 4.79 Å². The highest BCUT2D eigenvalue weighted by Gasteiger charge is 2.14. The van der Waals surface area contributed by atoms with Crippen LogP contribution in [0.5, 0.6) is 0 Å². The zero-order valence-corrected chi connectivity index (χ0v) is 11.1. The Kier molecular flexibility index (Phi) is 5.48. The summed E-state index contributed by atoms with van der Waals surface area (Å²) in [6.07, 6.45) is 0.543. The van der Waals surface area contributed by atoms with Crippen LogP contribution >= 0.6 is 0 Å². The van der Waals surface area contributed by atoms with Crippen molar-refractivity contribution in [2.24, 2.45) is 5.92 Å². The molecule has 0 aliphatic carbocycles. The fraction of sp³-hybridized carbons (Fsp3) is 0.429. The van der Waals surface area contributed by atoms with Gasteiger partial charge in [-0.1, -0.05) is 19.1 Å². The molecule has 1 atom stereocenters. The lowest BCUT2D eigenvalue weighted by Crippen LogP contribution is -2.29. The maximum Gasteiger partial charge on any atom is 0.303 e. The number of aryl methyl sites for hydroxylation is 1. The predicted molar refractivity (Wildman–Crippen MR) is 69.5 cm³/mol. The number of halogens is 1. The highest BCUT2D eigenvalue weighted by atomic mass is 19.1. The number of carboxylic acids is 1. The van der Waals surface area contributed by atoms with Gasteiger partial charge in [0.15, 0.2) is 0 Å². The molecule has 0 saturated heterocycles. The molecular formula is C14H18FNO3. The lowest BCUT2D eigenvalue weighted by Gasteiger charge is -2.12. The first-order valence-electron chi connectivity index (χ1n) is 6.17. The minimum atomic E-state index is -0.858. The summed E-state index contributed by atoms with van der Waals surface area (Å²) in [7, 11) is 0. The van der Waals surface area contributed by atoms with E-state index >= 15 is 0 Å². The molecule has 5 heteroatoms. The fourth-order valence-corrected chi connectivity index (χ4v) is 1.66. The molecule has 0 saturated carbocycles. The fourth-order valence-electron chi connectivity index (χ4n) is 1.66. The van der Waals surface area contributed by atoms with Crippen LogP contribution in [0.15, 0.2) is 18.2 Å². The standard InChI is InChI=1S/C14H18FNO3/c1-9(6-7-12(17)18)8-16-14(19)11-5-3-4-10(2)13(11)15/h3-5,9H,6-8H2,1-2H3,(H,16,19)(H,17,18). The van der Waals surface area contributed by atoms with E-state index in [4.69, 9.17) is 5.11 Å². The zero-order valence-electron chi connectivity index (χ0n) is 11.1. The maximum atomic E-state index is 13.7. The minimum absolute atomic E-state index is 0.0189. The Balaban J connectivity index is 2.51. The molecule has 2 N–H and O–H groups in total. The first kappa shape index (κ1) is 15.1. The maximum absolute atomic E-state index is 13.7. The smallest absolute Gasteiger partial charge is 0.303 e. The van der Waals surface area contributed by atoms with Crippen LogP contribution < -0.4 is 5.32 Å². The molecule has 0 radical (unpaired) electrons. The van der Waals surface area contributed by atoms with Crippen LogP contribution in [0.25, 0.3) is 0 Å². The number of benzene rings is 1. The van der Waals surface area contributed by atoms with Gasteiger partial charge < -0.3 is 10.4 Å². The van der Waals surface area contributed by atoms with Crippen molar-refractivity contribution in [2.75, 3.05) is 6.54 Å². The molecule has 1 aromatic carbocycles. The van der Waals surface area contributed by atoms with E-state index in [0.717, 1.165) is 0 Å². The van der Waals surface area contributed by atoms with Crippen molar-refractivity contribution in [3.05, 3.63) is 35.1 Å². The number of carbonyl (C=O) groups is 2. The highest BCUT2D eigenvalue weighted by Crippen LogP contribution is 2.12. The molecule has 1 rings (SSSR count). The summed E-state index contributed by atoms with van der Waals surface area (Å²) < 4.78 is 13.7. The van der Waals surface area contributed by atoms with E-state index in [2.05, 4.69) is 5.32 Å². The normalized spacial score (nSPS) is 11.9. The molecule has 0 bridgehead atoms. The Morgan fingerprint density at radius 3 is 2.74 bits per heavy atom. The third-order valence-corrected chi connectivity index (χ3v) is 2.90. The second-order valence-corrected chi connectivity index (χ2v) is 4.68. The number of carboxylic acid groups (broad SMARTS) is 1. The molecule has 1 amide bonds. The Morgan fingerprint density at radius 2 is 2.11 bits per heavy atom. The van der Waals surface area contributed by atoms with Crippen LogP contribution in [0, 0.1) is 18.7 Å². The van der Waals surface area contributed by atoms with Gasteiger partial charge in [-0.25, -0.2) is 4.39 Å². The number of nitrogens with one attached hydrogen (secondary N) is 1. The Bertz CT molecular complexity index is 474. The first-order chi connectivity index (χ1) is 8.91. The van der Waals surface area contributed by atoms with Gasteiger partial charge in [0.1, 0.15) is 5.82 Å². The molecule has 19 heavy (non-hydrogen) atoms. The van der Waals surface area contributed by atoms with Crippen molar-refractivity contribution in [1.82, 2.24) is 5.32 Å². The van der Waals surface area contributed by atoms with Gasteiger partial charge in [0.2, 0.25) is 0 Å². The van der Waals surface area contributed by atoms with Gasteiger partial charge in [-0.05, 0) is 30.9 Å². The average Bonchev–Trinajstić information content (AvgIpc) is 2.36. The second kappa shape index (κ2) is 6.87. The number of hydrogen-bond donors (Lipinski definition) is 2. The average molecular weight is 267 g/mol. The van der Waals surface area contributed by atoms with Crippen LogP contribution in [0.3, 0.4) is 0 Å². The SMILES string of the molecule is Cc1cccc(C(=O)NCC(C)CCC(=O)O)c1F. The third-order valence-electron chi connectivity index (χ3n) is 2.90. The molecule has 0 aromatic heterocycles. The number of rotatable bonds is 6. The van der Waals surface area contributed by atoms with Gasteiger partial charge in [0.05, 0.1) is 5.56 Å². The van der Waals surface area contributed by atoms with Gasteiger partial charge in [0, 0.05) is 13.0 Å². The van der Waals surface area contributed by atoms with Crippen molar-refractivity contribution in [3.8, 4) is 0 Å². The summed E-state index contributed by atoms with van der Waals surface area (Å²) in [5, 5.41) is 11.2. The quantitative estimate of drug-likeness (QED) is 0.831. The Hall–Kier alpha value is -1.91. The van der Waals surface area contributed by atoms with Crippen LogP contribution in [0.1, 0.15) is 35.7 Å². The van der Waals surface area contributed by atoms with Crippen LogP contribution in [0.2, 0.25) is 0 Å². The number of aliphatic carboxylic acids is 1. The molecule has 1 unspecified atom stereocenters. The van der Waals surface area contributed by atoms with Crippen molar-refractivity contribution in [2.45, 2.75) is 26.7 Å². The summed E-state index contributed by atoms with van der Waals surface area (Å²) in [6, 6.07) is 4.66. The van der Waals surface area contributed by atoms with Crippen LogP contribution in [0.4, 0.5) is 4.39 Å². The molecular weight excluding hydrogens is 249 g/mol. The van der Waals surface area contributed by atoms with E-state index in [1.54, 1.807) is 19.1 Å². The van der Waals surface area contributed by atoms with Crippen molar-refractivity contribution in [1.29, 1.82) is 0 Å². The summed E-state index contributed by atoms with van der Waals surface area (Å²) >= 11 is 0. The largest absolute Gasteiger partial charge is 0.481 e. The molecule has 0 spiro atoms. The summed E-state index contributed by atoms with van der Waals surface area (Å²) in [6.45, 7) is 3.77. The van der Waals surface area contributed by atoms with Gasteiger partial charge >= 0.3 is 5.97 Å². The van der Waals surface area contributed by atoms with Crippen LogP contribution in [-0.4, -0.2) is 23.5 Å². The Morgan fingerprint density at radius 1 is 1.42 bits per heavy atom. The van der Waals surface area contributed by atoms with Crippen molar-refractivity contribution in [3.63, 3.8) is 0 Å². The molecule has 1 aromatic rings. The molecule has 0 fully saturated rings. The third kappa shape index (κ3) is 4.69. The van der Waals surface area contributed by atoms with Gasteiger partial charge in [-0.3, -0.25) is 9.59 Å². The number of hydrogen-bond acceptors (Lipinski definition) is 2. The first-order valence-corrected chi connectivity index (χ1v) is 6.17. The minimum Gasteiger partial charge on any atom is -0.481 e. The van der Waals surface area contributed by atoms with E-state index < -0.39 is 17.7 Å². The number of carbonyl (C=O) groups excluding carboxylic acids is 1. The number of amides is 1. The van der Waals surface area contributed by atoms with E-state index in [1.165, 1.54) is 6.07 Å². The monoisotopic (exact) mass is 267 g/mol. The van der Waals surface area contributed by atoms with E-state index in [9.17, 15) is 14.0 Å². The Labute approximate surface area is 111 Å². The molecule has 0 aliphatic heterocycles. The van der Waals surface area contributed by atoms with E-state index in [1.807, 2.05) is 6.92 Å². The van der Waals surface area contributed by atoms with E-state index in [0.29, 0.717) is 18.5 Å². The lowest BCUT2D eigenvalue weighted by molar-refractivity contribution is -0.137. The summed E-state index contributed by atoms with van der Waals surface area (Å²) in [4.78, 5) is 22.2. The summed E-state index contributed by atoms with van der Waals surface area (Å²) in [5.74, 6) is -1.81. The van der Waals surface area contributed by atoms with Gasteiger partial charge in [-0.15, -0.1) is 0 Å². The zero-order chi connectivity index (χ0) is 14.4. The second-order valence-electron chi connectivity index (χ2n) is 4.68. The van der Waals surface area contributed by atoms with Crippen molar-refractivity contribution < 1.29 is 19.1 Å². The molecule has 0 aliphatic rings. The van der Waals surface area contributed by atoms with Gasteiger partial charge in [-0.2, -0.15) is 0 Å².